The minimum atomic E-state index is -0.119. The second-order valence-corrected chi connectivity index (χ2v) is 5.50. The van der Waals surface area contributed by atoms with Crippen molar-refractivity contribution in [3.05, 3.63) is 16.1 Å². The Hall–Kier alpha value is -0.940. The van der Waals surface area contributed by atoms with E-state index in [1.54, 1.807) is 21.3 Å². The molecule has 0 saturated heterocycles. The summed E-state index contributed by atoms with van der Waals surface area (Å²) in [6.45, 7) is 0. The predicted molar refractivity (Wildman–Crippen MR) is 73.7 cm³/mol. The van der Waals surface area contributed by atoms with Gasteiger partial charge in [0, 0.05) is 17.2 Å². The zero-order valence-corrected chi connectivity index (χ0v) is 12.5. The van der Waals surface area contributed by atoms with Gasteiger partial charge < -0.3 is 19.9 Å². The molecule has 100 valence electrons. The topological polar surface area (TPSA) is 53.7 Å². The Morgan fingerprint density at radius 2 is 1.78 bits per heavy atom. The Labute approximate surface area is 116 Å². The molecule has 2 N–H and O–H groups in total. The standard InChI is InChI=1S/C13H18BrNO3/c1-16-10-6-9(14)11(17-2)8(12(10)18-3)7-13(15)4-5-13/h6H,4-5,7,15H2,1-3H3. The number of ether oxygens (including phenoxy) is 3. The van der Waals surface area contributed by atoms with E-state index in [-0.39, 0.29) is 5.54 Å². The molecule has 0 atom stereocenters. The van der Waals surface area contributed by atoms with Crippen LogP contribution in [0.5, 0.6) is 17.2 Å². The highest BCUT2D eigenvalue weighted by Gasteiger charge is 2.40. The van der Waals surface area contributed by atoms with Gasteiger partial charge in [0.05, 0.1) is 25.8 Å². The number of hydrogen-bond donors (Lipinski definition) is 1. The fourth-order valence-electron chi connectivity index (χ4n) is 2.09. The van der Waals surface area contributed by atoms with E-state index in [0.29, 0.717) is 11.5 Å². The van der Waals surface area contributed by atoms with E-state index in [1.807, 2.05) is 6.07 Å². The molecule has 0 amide bonds. The molecule has 1 fully saturated rings. The Balaban J connectivity index is 2.52. The molecule has 1 aromatic carbocycles. The van der Waals surface area contributed by atoms with Crippen molar-refractivity contribution < 1.29 is 14.2 Å². The number of hydrogen-bond acceptors (Lipinski definition) is 4. The summed E-state index contributed by atoms with van der Waals surface area (Å²) in [5.74, 6) is 2.16. The van der Waals surface area contributed by atoms with Gasteiger partial charge in [-0.05, 0) is 35.2 Å². The van der Waals surface area contributed by atoms with Crippen molar-refractivity contribution in [1.29, 1.82) is 0 Å². The normalized spacial score (nSPS) is 16.3. The van der Waals surface area contributed by atoms with Gasteiger partial charge in [-0.25, -0.2) is 0 Å². The molecule has 1 aliphatic carbocycles. The lowest BCUT2D eigenvalue weighted by Gasteiger charge is -2.19. The lowest BCUT2D eigenvalue weighted by molar-refractivity contribution is 0.341. The number of benzene rings is 1. The van der Waals surface area contributed by atoms with Gasteiger partial charge in [-0.3, -0.25) is 0 Å². The van der Waals surface area contributed by atoms with E-state index in [2.05, 4.69) is 15.9 Å². The Kier molecular flexibility index (Phi) is 3.73. The van der Waals surface area contributed by atoms with Gasteiger partial charge in [0.2, 0.25) is 0 Å². The highest BCUT2D eigenvalue weighted by atomic mass is 79.9. The maximum Gasteiger partial charge on any atom is 0.167 e. The molecule has 0 bridgehead atoms. The summed E-state index contributed by atoms with van der Waals surface area (Å²) in [4.78, 5) is 0. The molecule has 0 heterocycles. The minimum Gasteiger partial charge on any atom is -0.495 e. The van der Waals surface area contributed by atoms with E-state index >= 15 is 0 Å². The number of methoxy groups -OCH3 is 3. The van der Waals surface area contributed by atoms with E-state index in [4.69, 9.17) is 19.9 Å². The summed E-state index contributed by atoms with van der Waals surface area (Å²) < 4.78 is 17.1. The van der Waals surface area contributed by atoms with Gasteiger partial charge in [-0.2, -0.15) is 0 Å². The van der Waals surface area contributed by atoms with Crippen LogP contribution < -0.4 is 19.9 Å². The zero-order valence-electron chi connectivity index (χ0n) is 10.9. The van der Waals surface area contributed by atoms with Gasteiger partial charge >= 0.3 is 0 Å². The number of halogens is 1. The predicted octanol–water partition coefficient (Wildman–Crippen LogP) is 2.51. The first kappa shape index (κ1) is 13.5. The highest BCUT2D eigenvalue weighted by Crippen LogP contribution is 2.47. The van der Waals surface area contributed by atoms with Crippen LogP contribution in [-0.4, -0.2) is 26.9 Å². The molecule has 1 aromatic rings. The summed E-state index contributed by atoms with van der Waals surface area (Å²) in [5.41, 5.74) is 7.05. The van der Waals surface area contributed by atoms with E-state index in [0.717, 1.165) is 35.0 Å². The van der Waals surface area contributed by atoms with Gasteiger partial charge in [0.15, 0.2) is 11.5 Å². The summed E-state index contributed by atoms with van der Waals surface area (Å²) in [6.07, 6.45) is 2.80. The molecule has 5 heteroatoms. The third kappa shape index (κ3) is 2.42. The first-order valence-corrected chi connectivity index (χ1v) is 6.60. The van der Waals surface area contributed by atoms with Crippen LogP contribution >= 0.6 is 15.9 Å². The second kappa shape index (κ2) is 4.97. The van der Waals surface area contributed by atoms with Crippen LogP contribution in [0.25, 0.3) is 0 Å². The molecule has 2 rings (SSSR count). The fraction of sp³-hybridized carbons (Fsp3) is 0.538. The van der Waals surface area contributed by atoms with Crippen molar-refractivity contribution in [2.24, 2.45) is 5.73 Å². The van der Waals surface area contributed by atoms with E-state index < -0.39 is 0 Å². The molecule has 1 saturated carbocycles. The third-order valence-corrected chi connectivity index (χ3v) is 3.88. The fourth-order valence-corrected chi connectivity index (χ4v) is 2.70. The molecular formula is C13H18BrNO3. The van der Waals surface area contributed by atoms with Crippen molar-refractivity contribution in [3.63, 3.8) is 0 Å². The van der Waals surface area contributed by atoms with Crippen LogP contribution in [0.2, 0.25) is 0 Å². The van der Waals surface area contributed by atoms with Gasteiger partial charge in [0.25, 0.3) is 0 Å². The average Bonchev–Trinajstić information content (AvgIpc) is 3.06. The molecule has 18 heavy (non-hydrogen) atoms. The molecule has 4 nitrogen and oxygen atoms in total. The summed E-state index contributed by atoms with van der Waals surface area (Å²) >= 11 is 3.49. The molecular weight excluding hydrogens is 298 g/mol. The van der Waals surface area contributed by atoms with Gasteiger partial charge in [-0.1, -0.05) is 0 Å². The van der Waals surface area contributed by atoms with Crippen molar-refractivity contribution in [1.82, 2.24) is 0 Å². The SMILES string of the molecule is COc1cc(Br)c(OC)c(CC2(N)CC2)c1OC. The first-order chi connectivity index (χ1) is 8.54. The Morgan fingerprint density at radius 1 is 1.17 bits per heavy atom. The largest absolute Gasteiger partial charge is 0.495 e. The van der Waals surface area contributed by atoms with Crippen LogP contribution in [0.15, 0.2) is 10.5 Å². The van der Waals surface area contributed by atoms with Gasteiger partial charge in [0.1, 0.15) is 5.75 Å². The molecule has 0 aliphatic heterocycles. The van der Waals surface area contributed by atoms with Crippen LogP contribution in [0.1, 0.15) is 18.4 Å². The smallest absolute Gasteiger partial charge is 0.167 e. The minimum absolute atomic E-state index is 0.119. The number of nitrogens with two attached hydrogens (primary N) is 1. The van der Waals surface area contributed by atoms with Crippen LogP contribution in [-0.2, 0) is 6.42 Å². The van der Waals surface area contributed by atoms with Crippen molar-refractivity contribution >= 4 is 15.9 Å². The van der Waals surface area contributed by atoms with Crippen molar-refractivity contribution in [2.45, 2.75) is 24.8 Å². The summed E-state index contributed by atoms with van der Waals surface area (Å²) in [7, 11) is 4.90. The van der Waals surface area contributed by atoms with E-state index in [1.165, 1.54) is 0 Å². The van der Waals surface area contributed by atoms with Crippen LogP contribution in [0.3, 0.4) is 0 Å². The van der Waals surface area contributed by atoms with E-state index in [9.17, 15) is 0 Å². The van der Waals surface area contributed by atoms with Crippen LogP contribution in [0.4, 0.5) is 0 Å². The molecule has 0 spiro atoms. The monoisotopic (exact) mass is 315 g/mol. The third-order valence-electron chi connectivity index (χ3n) is 3.30. The number of rotatable bonds is 5. The van der Waals surface area contributed by atoms with Crippen molar-refractivity contribution in [3.8, 4) is 17.2 Å². The lowest BCUT2D eigenvalue weighted by atomic mass is 10.0. The molecule has 1 aliphatic rings. The quantitative estimate of drug-likeness (QED) is 0.907. The zero-order chi connectivity index (χ0) is 13.3. The highest BCUT2D eigenvalue weighted by molar-refractivity contribution is 9.10. The maximum absolute atomic E-state index is 6.20. The molecule has 0 radical (unpaired) electrons. The lowest BCUT2D eigenvalue weighted by Crippen LogP contribution is -2.25. The first-order valence-electron chi connectivity index (χ1n) is 5.81. The second-order valence-electron chi connectivity index (χ2n) is 4.64. The molecule has 0 unspecified atom stereocenters. The summed E-state index contributed by atoms with van der Waals surface area (Å²) in [6, 6.07) is 1.84. The molecule has 0 aromatic heterocycles. The average molecular weight is 316 g/mol. The van der Waals surface area contributed by atoms with Gasteiger partial charge in [-0.15, -0.1) is 0 Å². The Bertz CT molecular complexity index is 458. The Morgan fingerprint density at radius 3 is 2.22 bits per heavy atom. The van der Waals surface area contributed by atoms with Crippen molar-refractivity contribution in [2.75, 3.05) is 21.3 Å². The summed E-state index contributed by atoms with van der Waals surface area (Å²) in [5, 5.41) is 0. The van der Waals surface area contributed by atoms with Crippen LogP contribution in [0, 0.1) is 0 Å². The maximum atomic E-state index is 6.20.